The van der Waals surface area contributed by atoms with Gasteiger partial charge in [0.25, 0.3) is 0 Å². The first-order valence-corrected chi connectivity index (χ1v) is 10.1. The molecule has 1 N–H and O–H groups in total. The summed E-state index contributed by atoms with van der Waals surface area (Å²) >= 11 is 14.4. The number of ether oxygens (including phenoxy) is 1. The van der Waals surface area contributed by atoms with Crippen LogP contribution in [0.2, 0.25) is 10.0 Å². The minimum Gasteiger partial charge on any atom is -0.462 e. The lowest BCUT2D eigenvalue weighted by molar-refractivity contribution is -0.113. The first-order valence-electron chi connectivity index (χ1n) is 7.36. The van der Waals surface area contributed by atoms with Gasteiger partial charge in [0, 0.05) is 5.75 Å². The number of carbonyl (C=O) groups is 2. The van der Waals surface area contributed by atoms with E-state index in [1.54, 1.807) is 26.0 Å². The van der Waals surface area contributed by atoms with Crippen molar-refractivity contribution in [3.63, 3.8) is 0 Å². The molecule has 1 amide bonds. The van der Waals surface area contributed by atoms with E-state index >= 15 is 0 Å². The van der Waals surface area contributed by atoms with E-state index in [0.29, 0.717) is 38.1 Å². The van der Waals surface area contributed by atoms with Crippen LogP contribution in [0.15, 0.2) is 18.2 Å². The molecule has 0 bridgehead atoms. The normalized spacial score (nSPS) is 10.6. The van der Waals surface area contributed by atoms with Gasteiger partial charge < -0.3 is 10.1 Å². The van der Waals surface area contributed by atoms with Crippen LogP contribution in [0.5, 0.6) is 0 Å². The molecule has 2 rings (SSSR count). The predicted molar refractivity (Wildman–Crippen MR) is 104 cm³/mol. The van der Waals surface area contributed by atoms with Crippen molar-refractivity contribution < 1.29 is 14.3 Å². The molecule has 1 aromatic heterocycles. The van der Waals surface area contributed by atoms with E-state index in [9.17, 15) is 9.59 Å². The van der Waals surface area contributed by atoms with Gasteiger partial charge in [0.05, 0.1) is 28.1 Å². The zero-order valence-electron chi connectivity index (χ0n) is 13.6. The average molecular weight is 419 g/mol. The summed E-state index contributed by atoms with van der Waals surface area (Å²) in [5.41, 5.74) is 1.53. The van der Waals surface area contributed by atoms with Gasteiger partial charge in [-0.15, -0.1) is 11.8 Å². The molecule has 0 radical (unpaired) electrons. The molecular formula is C16H16Cl2N2O3S2. The first kappa shape index (κ1) is 20.0. The van der Waals surface area contributed by atoms with Crippen LogP contribution >= 0.6 is 46.3 Å². The fraction of sp³-hybridized carbons (Fsp3) is 0.312. The molecule has 0 saturated carbocycles. The molecule has 25 heavy (non-hydrogen) atoms. The summed E-state index contributed by atoms with van der Waals surface area (Å²) in [4.78, 5) is 28.4. The Labute approximate surface area is 164 Å². The lowest BCUT2D eigenvalue weighted by Crippen LogP contribution is -2.14. The van der Waals surface area contributed by atoms with E-state index in [1.807, 2.05) is 6.07 Å². The summed E-state index contributed by atoms with van der Waals surface area (Å²) in [6.45, 7) is 3.74. The highest BCUT2D eigenvalue weighted by atomic mass is 35.5. The van der Waals surface area contributed by atoms with Crippen LogP contribution < -0.4 is 5.32 Å². The zero-order valence-corrected chi connectivity index (χ0v) is 16.7. The number of rotatable bonds is 7. The monoisotopic (exact) mass is 418 g/mol. The Morgan fingerprint density at radius 3 is 2.76 bits per heavy atom. The second kappa shape index (κ2) is 9.43. The Balaban J connectivity index is 1.85. The third-order valence-corrected chi connectivity index (χ3v) is 5.79. The van der Waals surface area contributed by atoms with Crippen LogP contribution in [0.4, 0.5) is 5.13 Å². The number of hydrogen-bond donors (Lipinski definition) is 1. The van der Waals surface area contributed by atoms with Crippen molar-refractivity contribution in [2.24, 2.45) is 0 Å². The molecule has 2 aromatic rings. The van der Waals surface area contributed by atoms with E-state index in [0.717, 1.165) is 16.9 Å². The lowest BCUT2D eigenvalue weighted by Gasteiger charge is -2.04. The third-order valence-electron chi connectivity index (χ3n) is 2.99. The highest BCUT2D eigenvalue weighted by Gasteiger charge is 2.17. The van der Waals surface area contributed by atoms with Crippen molar-refractivity contribution in [2.75, 3.05) is 17.7 Å². The molecule has 0 atom stereocenters. The number of aryl methyl sites for hydroxylation is 1. The molecule has 1 aromatic carbocycles. The smallest absolute Gasteiger partial charge is 0.350 e. The van der Waals surface area contributed by atoms with Crippen molar-refractivity contribution in [1.29, 1.82) is 0 Å². The Hall–Kier alpha value is -1.28. The van der Waals surface area contributed by atoms with Crippen LogP contribution in [0.25, 0.3) is 0 Å². The number of amides is 1. The van der Waals surface area contributed by atoms with Crippen molar-refractivity contribution in [3.8, 4) is 0 Å². The zero-order chi connectivity index (χ0) is 18.4. The number of thioether (sulfide) groups is 1. The summed E-state index contributed by atoms with van der Waals surface area (Å²) in [7, 11) is 0. The molecule has 9 heteroatoms. The molecule has 0 aliphatic heterocycles. The van der Waals surface area contributed by atoms with Gasteiger partial charge in [-0.2, -0.15) is 0 Å². The summed E-state index contributed by atoms with van der Waals surface area (Å²) in [5, 5.41) is 4.09. The molecule has 0 saturated heterocycles. The van der Waals surface area contributed by atoms with Crippen LogP contribution in [0.1, 0.15) is 27.9 Å². The maximum atomic E-state index is 12.0. The van der Waals surface area contributed by atoms with E-state index in [4.69, 9.17) is 27.9 Å². The summed E-state index contributed by atoms with van der Waals surface area (Å²) in [5.74, 6) is 0.282. The molecule has 1 heterocycles. The SMILES string of the molecule is CCOC(=O)c1sc(NC(=O)CSCc2ccc(Cl)c(Cl)c2)nc1C. The number of carbonyl (C=O) groups excluding carboxylic acids is 2. The number of anilines is 1. The van der Waals surface area contributed by atoms with E-state index < -0.39 is 5.97 Å². The fourth-order valence-electron chi connectivity index (χ4n) is 1.88. The average Bonchev–Trinajstić information content (AvgIpc) is 2.91. The van der Waals surface area contributed by atoms with Crippen molar-refractivity contribution in [2.45, 2.75) is 19.6 Å². The molecule has 134 valence electrons. The van der Waals surface area contributed by atoms with Crippen molar-refractivity contribution >= 4 is 63.3 Å². The van der Waals surface area contributed by atoms with Crippen LogP contribution in [0.3, 0.4) is 0 Å². The van der Waals surface area contributed by atoms with E-state index in [1.165, 1.54) is 11.8 Å². The minimum absolute atomic E-state index is 0.186. The fourth-order valence-corrected chi connectivity index (χ4v) is 3.85. The van der Waals surface area contributed by atoms with Gasteiger partial charge in [-0.3, -0.25) is 4.79 Å². The quantitative estimate of drug-likeness (QED) is 0.653. The lowest BCUT2D eigenvalue weighted by atomic mass is 10.2. The number of aromatic nitrogens is 1. The molecule has 0 fully saturated rings. The molecule has 0 spiro atoms. The number of thiazole rings is 1. The van der Waals surface area contributed by atoms with E-state index in [2.05, 4.69) is 10.3 Å². The molecule has 0 unspecified atom stereocenters. The number of nitrogens with one attached hydrogen (secondary N) is 1. The second-order valence-electron chi connectivity index (χ2n) is 4.94. The standard InChI is InChI=1S/C16H16Cl2N2O3S2/c1-3-23-15(22)14-9(2)19-16(25-14)20-13(21)8-24-7-10-4-5-11(17)12(18)6-10/h4-6H,3,7-8H2,1-2H3,(H,19,20,21). The largest absolute Gasteiger partial charge is 0.462 e. The first-order chi connectivity index (χ1) is 11.9. The highest BCUT2D eigenvalue weighted by Crippen LogP contribution is 2.26. The third kappa shape index (κ3) is 5.88. The van der Waals surface area contributed by atoms with E-state index in [-0.39, 0.29) is 11.7 Å². The topological polar surface area (TPSA) is 68.3 Å². The Morgan fingerprint density at radius 2 is 2.08 bits per heavy atom. The Kier molecular flexibility index (Phi) is 7.56. The van der Waals surface area contributed by atoms with Gasteiger partial charge in [0.15, 0.2) is 5.13 Å². The number of hydrogen-bond acceptors (Lipinski definition) is 6. The maximum absolute atomic E-state index is 12.0. The Morgan fingerprint density at radius 1 is 1.32 bits per heavy atom. The van der Waals surface area contributed by atoms with Crippen LogP contribution in [0, 0.1) is 6.92 Å². The van der Waals surface area contributed by atoms with Gasteiger partial charge in [-0.25, -0.2) is 9.78 Å². The highest BCUT2D eigenvalue weighted by molar-refractivity contribution is 7.99. The minimum atomic E-state index is -0.424. The number of benzene rings is 1. The molecule has 5 nitrogen and oxygen atoms in total. The maximum Gasteiger partial charge on any atom is 0.350 e. The molecule has 0 aliphatic rings. The second-order valence-corrected chi connectivity index (χ2v) is 7.74. The summed E-state index contributed by atoms with van der Waals surface area (Å²) in [6.07, 6.45) is 0. The predicted octanol–water partition coefficient (Wildman–Crippen LogP) is 4.81. The Bertz CT molecular complexity index is 781. The summed E-state index contributed by atoms with van der Waals surface area (Å²) < 4.78 is 4.95. The van der Waals surface area contributed by atoms with Gasteiger partial charge in [0.1, 0.15) is 4.88 Å². The van der Waals surface area contributed by atoms with Gasteiger partial charge in [0.2, 0.25) is 5.91 Å². The molecule has 0 aliphatic carbocycles. The van der Waals surface area contributed by atoms with Crippen LogP contribution in [-0.4, -0.2) is 29.2 Å². The van der Waals surface area contributed by atoms with Crippen molar-refractivity contribution in [3.05, 3.63) is 44.4 Å². The van der Waals surface area contributed by atoms with Crippen molar-refractivity contribution in [1.82, 2.24) is 4.98 Å². The molecular weight excluding hydrogens is 403 g/mol. The van der Waals surface area contributed by atoms with Gasteiger partial charge >= 0.3 is 5.97 Å². The summed E-state index contributed by atoms with van der Waals surface area (Å²) in [6, 6.07) is 5.38. The van der Waals surface area contributed by atoms with Gasteiger partial charge in [-0.1, -0.05) is 40.6 Å². The van der Waals surface area contributed by atoms with Gasteiger partial charge in [-0.05, 0) is 31.5 Å². The van der Waals surface area contributed by atoms with Crippen LogP contribution in [-0.2, 0) is 15.3 Å². The number of halogens is 2. The number of esters is 1. The number of nitrogens with zero attached hydrogens (tertiary/aromatic N) is 1.